The molecular weight excluding hydrogens is 152 g/mol. The summed E-state index contributed by atoms with van der Waals surface area (Å²) < 4.78 is 5.02. The van der Waals surface area contributed by atoms with Crippen molar-refractivity contribution in [3.8, 4) is 5.75 Å². The molecule has 1 fully saturated rings. The number of hydrogen-bond acceptors (Lipinski definition) is 2. The van der Waals surface area contributed by atoms with Gasteiger partial charge in [0.15, 0.2) is 0 Å². The van der Waals surface area contributed by atoms with Crippen molar-refractivity contribution in [1.29, 1.82) is 0 Å². The van der Waals surface area contributed by atoms with Crippen LogP contribution in [-0.2, 0) is 4.74 Å². The molecule has 0 bridgehead atoms. The average molecular weight is 162 g/mol. The van der Waals surface area contributed by atoms with Gasteiger partial charge in [0.25, 0.3) is 0 Å². The fourth-order valence-corrected chi connectivity index (χ4v) is 0.971. The van der Waals surface area contributed by atoms with Gasteiger partial charge in [0, 0.05) is 0 Å². The zero-order valence-corrected chi connectivity index (χ0v) is 6.60. The van der Waals surface area contributed by atoms with Crippen molar-refractivity contribution < 1.29 is 9.84 Å². The summed E-state index contributed by atoms with van der Waals surface area (Å²) in [5, 5.41) is 9.00. The molecule has 0 amide bonds. The first kappa shape index (κ1) is 7.37. The topological polar surface area (TPSA) is 32.8 Å². The number of epoxide rings is 1. The summed E-state index contributed by atoms with van der Waals surface area (Å²) in [5.74, 6) is 0.301. The van der Waals surface area contributed by atoms with Crippen LogP contribution in [0.25, 0.3) is 6.08 Å². The molecule has 1 aromatic carbocycles. The number of benzene rings is 1. The van der Waals surface area contributed by atoms with E-state index in [-0.39, 0.29) is 0 Å². The second-order valence-electron chi connectivity index (χ2n) is 2.82. The molecule has 1 aliphatic rings. The number of ether oxygens (including phenoxy) is 1. The van der Waals surface area contributed by atoms with Crippen molar-refractivity contribution in [3.63, 3.8) is 0 Å². The lowest BCUT2D eigenvalue weighted by Crippen LogP contribution is -1.75. The molecule has 0 radical (unpaired) electrons. The average Bonchev–Trinajstić information content (AvgIpc) is 2.87. The van der Waals surface area contributed by atoms with Crippen LogP contribution in [0.2, 0.25) is 0 Å². The van der Waals surface area contributed by atoms with Gasteiger partial charge in [0.05, 0.1) is 12.7 Å². The van der Waals surface area contributed by atoms with Crippen LogP contribution in [0.3, 0.4) is 0 Å². The lowest BCUT2D eigenvalue weighted by Gasteiger charge is -1.92. The summed E-state index contributed by atoms with van der Waals surface area (Å²) in [5.41, 5.74) is 1.09. The quantitative estimate of drug-likeness (QED) is 0.672. The van der Waals surface area contributed by atoms with Gasteiger partial charge in [0.2, 0.25) is 0 Å². The van der Waals surface area contributed by atoms with Gasteiger partial charge in [-0.2, -0.15) is 0 Å². The highest BCUT2D eigenvalue weighted by Gasteiger charge is 2.17. The fourth-order valence-electron chi connectivity index (χ4n) is 0.971. The molecular formula is C10H10O2. The number of hydrogen-bond donors (Lipinski definition) is 1. The smallest absolute Gasteiger partial charge is 0.115 e. The maximum absolute atomic E-state index is 9.00. The predicted octanol–water partition coefficient (Wildman–Crippen LogP) is 1.80. The maximum Gasteiger partial charge on any atom is 0.115 e. The summed E-state index contributed by atoms with van der Waals surface area (Å²) in [7, 11) is 0. The fraction of sp³-hybridized carbons (Fsp3) is 0.200. The second kappa shape index (κ2) is 2.99. The molecule has 2 heteroatoms. The molecule has 0 aromatic heterocycles. The zero-order chi connectivity index (χ0) is 8.39. The largest absolute Gasteiger partial charge is 0.508 e. The van der Waals surface area contributed by atoms with E-state index < -0.39 is 0 Å². The monoisotopic (exact) mass is 162 g/mol. The Balaban J connectivity index is 2.07. The van der Waals surface area contributed by atoms with Crippen molar-refractivity contribution in [2.75, 3.05) is 6.61 Å². The Hall–Kier alpha value is -1.28. The molecule has 0 spiro atoms. The Morgan fingerprint density at radius 2 is 2.00 bits per heavy atom. The molecule has 1 aliphatic heterocycles. The van der Waals surface area contributed by atoms with E-state index in [4.69, 9.17) is 9.84 Å². The lowest BCUT2D eigenvalue weighted by atomic mass is 10.2. The van der Waals surface area contributed by atoms with Crippen LogP contribution in [-0.4, -0.2) is 17.8 Å². The lowest BCUT2D eigenvalue weighted by molar-refractivity contribution is 0.440. The molecule has 2 rings (SSSR count). The Kier molecular flexibility index (Phi) is 1.84. The SMILES string of the molecule is Oc1ccc(C=CC2CO2)cc1. The molecule has 0 saturated carbocycles. The van der Waals surface area contributed by atoms with Gasteiger partial charge >= 0.3 is 0 Å². The summed E-state index contributed by atoms with van der Waals surface area (Å²) in [4.78, 5) is 0. The third-order valence-corrected chi connectivity index (χ3v) is 1.76. The van der Waals surface area contributed by atoms with E-state index >= 15 is 0 Å². The molecule has 1 unspecified atom stereocenters. The van der Waals surface area contributed by atoms with Crippen LogP contribution in [0.5, 0.6) is 5.75 Å². The summed E-state index contributed by atoms with van der Waals surface area (Å²) in [6, 6.07) is 7.09. The van der Waals surface area contributed by atoms with Gasteiger partial charge in [-0.05, 0) is 17.7 Å². The maximum atomic E-state index is 9.00. The zero-order valence-electron chi connectivity index (χ0n) is 6.60. The van der Waals surface area contributed by atoms with Crippen molar-refractivity contribution >= 4 is 6.08 Å². The molecule has 1 N–H and O–H groups in total. The van der Waals surface area contributed by atoms with Gasteiger partial charge in [-0.15, -0.1) is 0 Å². The van der Waals surface area contributed by atoms with E-state index in [1.54, 1.807) is 12.1 Å². The molecule has 1 heterocycles. The van der Waals surface area contributed by atoms with Crippen LogP contribution in [0, 0.1) is 0 Å². The van der Waals surface area contributed by atoms with Crippen molar-refractivity contribution in [3.05, 3.63) is 35.9 Å². The van der Waals surface area contributed by atoms with E-state index in [1.165, 1.54) is 0 Å². The van der Waals surface area contributed by atoms with Crippen LogP contribution >= 0.6 is 0 Å². The third kappa shape index (κ3) is 1.86. The highest BCUT2D eigenvalue weighted by atomic mass is 16.6. The Bertz CT molecular complexity index is 283. The summed E-state index contributed by atoms with van der Waals surface area (Å²) in [6.45, 7) is 0.842. The van der Waals surface area contributed by atoms with Crippen LogP contribution in [0.15, 0.2) is 30.3 Å². The van der Waals surface area contributed by atoms with Gasteiger partial charge in [0.1, 0.15) is 5.75 Å². The molecule has 0 aliphatic carbocycles. The third-order valence-electron chi connectivity index (χ3n) is 1.76. The van der Waals surface area contributed by atoms with E-state index in [9.17, 15) is 0 Å². The minimum absolute atomic E-state index is 0.301. The second-order valence-corrected chi connectivity index (χ2v) is 2.82. The van der Waals surface area contributed by atoms with Crippen LogP contribution in [0.4, 0.5) is 0 Å². The highest BCUT2D eigenvalue weighted by Crippen LogP contribution is 2.14. The first-order valence-corrected chi connectivity index (χ1v) is 3.93. The number of phenolic OH excluding ortho intramolecular Hbond substituents is 1. The van der Waals surface area contributed by atoms with Gasteiger partial charge in [-0.3, -0.25) is 0 Å². The van der Waals surface area contributed by atoms with Crippen molar-refractivity contribution in [1.82, 2.24) is 0 Å². The molecule has 1 aromatic rings. The predicted molar refractivity (Wildman–Crippen MR) is 46.9 cm³/mol. The van der Waals surface area contributed by atoms with E-state index in [0.29, 0.717) is 11.9 Å². The first-order valence-electron chi connectivity index (χ1n) is 3.93. The Morgan fingerprint density at radius 3 is 2.58 bits per heavy atom. The highest BCUT2D eigenvalue weighted by molar-refractivity contribution is 5.51. The molecule has 12 heavy (non-hydrogen) atoms. The number of rotatable bonds is 2. The van der Waals surface area contributed by atoms with Gasteiger partial charge in [-0.1, -0.05) is 24.3 Å². The standard InChI is InChI=1S/C10H10O2/c11-9-4-1-8(2-5-9)3-6-10-7-12-10/h1-6,10-11H,7H2. The van der Waals surface area contributed by atoms with E-state index in [1.807, 2.05) is 24.3 Å². The molecule has 62 valence electrons. The number of aromatic hydroxyl groups is 1. The molecule has 2 nitrogen and oxygen atoms in total. The minimum atomic E-state index is 0.301. The van der Waals surface area contributed by atoms with Crippen LogP contribution in [0.1, 0.15) is 5.56 Å². The minimum Gasteiger partial charge on any atom is -0.508 e. The van der Waals surface area contributed by atoms with Gasteiger partial charge < -0.3 is 9.84 Å². The molecule has 1 saturated heterocycles. The summed E-state index contributed by atoms with van der Waals surface area (Å²) in [6.07, 6.45) is 4.34. The van der Waals surface area contributed by atoms with Gasteiger partial charge in [-0.25, -0.2) is 0 Å². The van der Waals surface area contributed by atoms with Crippen molar-refractivity contribution in [2.45, 2.75) is 6.10 Å². The Labute approximate surface area is 71.1 Å². The number of phenols is 1. The summed E-state index contributed by atoms with van der Waals surface area (Å²) >= 11 is 0. The Morgan fingerprint density at radius 1 is 1.33 bits per heavy atom. The molecule has 1 atom stereocenters. The van der Waals surface area contributed by atoms with E-state index in [0.717, 1.165) is 12.2 Å². The normalized spacial score (nSPS) is 21.5. The van der Waals surface area contributed by atoms with Crippen LogP contribution < -0.4 is 0 Å². The van der Waals surface area contributed by atoms with E-state index in [2.05, 4.69) is 0 Å². The van der Waals surface area contributed by atoms with Crippen molar-refractivity contribution in [2.24, 2.45) is 0 Å². The first-order chi connectivity index (χ1) is 5.84.